The molecular formula is C21H23N3O10. The fourth-order valence-electron chi connectivity index (χ4n) is 3.84. The number of carbonyl (C=O) groups excluding carboxylic acids is 5. The SMILES string of the molecule is CC(=O)OC1[C@H](OC(C)=O)CC(OC(C)=O)(C(=O)On2nnc3ccccc32)C[C@H]1OC(C)=O. The number of para-hydroxylation sites is 1. The summed E-state index contributed by atoms with van der Waals surface area (Å²) in [6, 6.07) is 6.64. The number of hydrogen-bond acceptors (Lipinski definition) is 12. The molecule has 0 amide bonds. The van der Waals surface area contributed by atoms with Gasteiger partial charge in [-0.15, -0.1) is 5.10 Å². The number of esters is 4. The van der Waals surface area contributed by atoms with E-state index >= 15 is 0 Å². The molecule has 0 radical (unpaired) electrons. The molecule has 3 rings (SSSR count). The van der Waals surface area contributed by atoms with Crippen molar-refractivity contribution in [1.29, 1.82) is 0 Å². The molecule has 0 bridgehead atoms. The summed E-state index contributed by atoms with van der Waals surface area (Å²) in [5, 5.41) is 7.66. The summed E-state index contributed by atoms with van der Waals surface area (Å²) in [6.07, 6.45) is -4.74. The average Bonchev–Trinajstić information content (AvgIpc) is 3.12. The van der Waals surface area contributed by atoms with Gasteiger partial charge in [-0.25, -0.2) is 4.79 Å². The van der Waals surface area contributed by atoms with E-state index in [-0.39, 0.29) is 0 Å². The number of benzene rings is 1. The lowest BCUT2D eigenvalue weighted by molar-refractivity contribution is -0.223. The first-order chi connectivity index (χ1) is 16.0. The Balaban J connectivity index is 2.02. The highest BCUT2D eigenvalue weighted by atomic mass is 16.7. The Kier molecular flexibility index (Phi) is 7.13. The van der Waals surface area contributed by atoms with Crippen molar-refractivity contribution in [2.75, 3.05) is 0 Å². The van der Waals surface area contributed by atoms with E-state index in [0.717, 1.165) is 32.5 Å². The third-order valence-corrected chi connectivity index (χ3v) is 4.93. The molecule has 1 aromatic carbocycles. The zero-order valence-electron chi connectivity index (χ0n) is 18.9. The predicted molar refractivity (Wildman–Crippen MR) is 110 cm³/mol. The van der Waals surface area contributed by atoms with Crippen LogP contribution >= 0.6 is 0 Å². The molecule has 13 heteroatoms. The minimum atomic E-state index is -2.07. The van der Waals surface area contributed by atoms with E-state index in [4.69, 9.17) is 23.8 Å². The second-order valence-electron chi connectivity index (χ2n) is 7.70. The number of ether oxygens (including phenoxy) is 4. The Morgan fingerprint density at radius 3 is 1.94 bits per heavy atom. The normalized spacial score (nSPS) is 24.1. The molecule has 2 aromatic rings. The first-order valence-corrected chi connectivity index (χ1v) is 10.2. The summed E-state index contributed by atoms with van der Waals surface area (Å²) in [4.78, 5) is 66.8. The highest BCUT2D eigenvalue weighted by molar-refractivity contribution is 5.85. The topological polar surface area (TPSA) is 162 Å². The van der Waals surface area contributed by atoms with Crippen LogP contribution in [-0.2, 0) is 42.9 Å². The molecule has 34 heavy (non-hydrogen) atoms. The van der Waals surface area contributed by atoms with E-state index in [9.17, 15) is 24.0 Å². The van der Waals surface area contributed by atoms with Gasteiger partial charge in [0.05, 0.1) is 0 Å². The van der Waals surface area contributed by atoms with Gasteiger partial charge in [-0.05, 0) is 17.3 Å². The van der Waals surface area contributed by atoms with Crippen molar-refractivity contribution in [3.8, 4) is 0 Å². The zero-order chi connectivity index (χ0) is 25.0. The predicted octanol–water partition coefficient (Wildman–Crippen LogP) is 0.277. The first-order valence-electron chi connectivity index (χ1n) is 10.2. The maximum absolute atomic E-state index is 13.4. The molecule has 1 aromatic heterocycles. The minimum Gasteiger partial charge on any atom is -0.458 e. The number of hydrogen-bond donors (Lipinski definition) is 0. The van der Waals surface area contributed by atoms with Gasteiger partial charge in [0.15, 0.2) is 6.10 Å². The maximum atomic E-state index is 13.4. The quantitative estimate of drug-likeness (QED) is 0.318. The Morgan fingerprint density at radius 2 is 1.41 bits per heavy atom. The van der Waals surface area contributed by atoms with Crippen LogP contribution in [0.1, 0.15) is 40.5 Å². The molecule has 1 heterocycles. The van der Waals surface area contributed by atoms with Gasteiger partial charge in [-0.3, -0.25) is 19.2 Å². The van der Waals surface area contributed by atoms with Gasteiger partial charge in [0.25, 0.3) is 0 Å². The van der Waals surface area contributed by atoms with Gasteiger partial charge in [-0.1, -0.05) is 17.0 Å². The van der Waals surface area contributed by atoms with Crippen LogP contribution in [0.4, 0.5) is 0 Å². The van der Waals surface area contributed by atoms with Gasteiger partial charge in [-0.2, -0.15) is 0 Å². The van der Waals surface area contributed by atoms with Crippen LogP contribution in [-0.4, -0.2) is 68.9 Å². The second kappa shape index (κ2) is 9.85. The van der Waals surface area contributed by atoms with Gasteiger partial charge in [0.2, 0.25) is 5.60 Å². The maximum Gasteiger partial charge on any atom is 0.378 e. The van der Waals surface area contributed by atoms with Crippen LogP contribution < -0.4 is 4.84 Å². The third kappa shape index (κ3) is 5.47. The van der Waals surface area contributed by atoms with Crippen molar-refractivity contribution in [2.24, 2.45) is 0 Å². The summed E-state index contributed by atoms with van der Waals surface area (Å²) in [6.45, 7) is 4.40. The van der Waals surface area contributed by atoms with Crippen molar-refractivity contribution in [1.82, 2.24) is 15.2 Å². The lowest BCUT2D eigenvalue weighted by Gasteiger charge is -2.43. The van der Waals surface area contributed by atoms with E-state index in [1.165, 1.54) is 0 Å². The molecule has 182 valence electrons. The molecule has 0 unspecified atom stereocenters. The van der Waals surface area contributed by atoms with Crippen LogP contribution in [0.3, 0.4) is 0 Å². The van der Waals surface area contributed by atoms with Gasteiger partial charge in [0, 0.05) is 40.5 Å². The lowest BCUT2D eigenvalue weighted by Crippen LogP contribution is -2.62. The van der Waals surface area contributed by atoms with E-state index in [0.29, 0.717) is 11.0 Å². The molecule has 2 atom stereocenters. The summed E-state index contributed by atoms with van der Waals surface area (Å²) >= 11 is 0. The molecule has 1 fully saturated rings. The molecule has 0 spiro atoms. The molecule has 0 saturated heterocycles. The number of aromatic nitrogens is 3. The summed E-state index contributed by atoms with van der Waals surface area (Å²) in [5.74, 6) is -4.21. The molecule has 1 saturated carbocycles. The molecule has 0 aliphatic heterocycles. The van der Waals surface area contributed by atoms with E-state index < -0.39 is 66.6 Å². The van der Waals surface area contributed by atoms with Crippen molar-refractivity contribution < 1.29 is 47.8 Å². The van der Waals surface area contributed by atoms with E-state index in [1.807, 2.05) is 0 Å². The third-order valence-electron chi connectivity index (χ3n) is 4.93. The number of nitrogens with zero attached hydrogens (tertiary/aromatic N) is 3. The van der Waals surface area contributed by atoms with Gasteiger partial charge in [0.1, 0.15) is 23.2 Å². The van der Waals surface area contributed by atoms with Crippen molar-refractivity contribution in [2.45, 2.75) is 64.4 Å². The molecule has 1 aliphatic carbocycles. The number of fused-ring (bicyclic) bond motifs is 1. The van der Waals surface area contributed by atoms with Crippen molar-refractivity contribution in [3.05, 3.63) is 24.3 Å². The Bertz CT molecular complexity index is 1100. The van der Waals surface area contributed by atoms with Gasteiger partial charge < -0.3 is 23.8 Å². The lowest BCUT2D eigenvalue weighted by atomic mass is 9.79. The van der Waals surface area contributed by atoms with E-state index in [2.05, 4.69) is 10.3 Å². The van der Waals surface area contributed by atoms with Crippen LogP contribution in [0.15, 0.2) is 24.3 Å². The number of carbonyl (C=O) groups is 5. The second-order valence-corrected chi connectivity index (χ2v) is 7.70. The Labute approximate surface area is 193 Å². The fraction of sp³-hybridized carbons (Fsp3) is 0.476. The Morgan fingerprint density at radius 1 is 0.853 bits per heavy atom. The fourth-order valence-corrected chi connectivity index (χ4v) is 3.84. The largest absolute Gasteiger partial charge is 0.458 e. The highest BCUT2D eigenvalue weighted by Crippen LogP contribution is 2.38. The average molecular weight is 477 g/mol. The Hall–Kier alpha value is -4.03. The summed E-state index contributed by atoms with van der Waals surface area (Å²) in [7, 11) is 0. The van der Waals surface area contributed by atoms with Crippen molar-refractivity contribution in [3.63, 3.8) is 0 Å². The van der Waals surface area contributed by atoms with E-state index in [1.54, 1.807) is 24.3 Å². The standard InChI is InChI=1S/C21H23N3O10/c1-11(25)30-17-9-21(33-14(4)28,10-18(31-12(2)26)19(17)32-13(3)27)20(29)34-24-16-8-6-5-7-15(16)22-23-24/h5-8,17-19H,9-10H2,1-4H3/t17-,18-,19?,21?/m1/s1. The van der Waals surface area contributed by atoms with Crippen molar-refractivity contribution >= 4 is 40.9 Å². The smallest absolute Gasteiger partial charge is 0.378 e. The first kappa shape index (κ1) is 24.6. The van der Waals surface area contributed by atoms with Crippen LogP contribution in [0.25, 0.3) is 11.0 Å². The zero-order valence-corrected chi connectivity index (χ0v) is 18.9. The molecule has 13 nitrogen and oxygen atoms in total. The van der Waals surface area contributed by atoms with Crippen LogP contribution in [0.5, 0.6) is 0 Å². The highest BCUT2D eigenvalue weighted by Gasteiger charge is 2.58. The van der Waals surface area contributed by atoms with Gasteiger partial charge >= 0.3 is 29.8 Å². The molecule has 1 aliphatic rings. The molecule has 0 N–H and O–H groups in total. The summed E-state index contributed by atoms with van der Waals surface area (Å²) in [5.41, 5.74) is -1.28. The van der Waals surface area contributed by atoms with Crippen LogP contribution in [0.2, 0.25) is 0 Å². The summed E-state index contributed by atoms with van der Waals surface area (Å²) < 4.78 is 21.2. The van der Waals surface area contributed by atoms with Crippen LogP contribution in [0, 0.1) is 0 Å². The molecular weight excluding hydrogens is 454 g/mol. The minimum absolute atomic E-state index is 0.357. The monoisotopic (exact) mass is 477 g/mol. The number of rotatable bonds is 6.